The number of ketones is 1. The van der Waals surface area contributed by atoms with Crippen LogP contribution < -0.4 is 10.6 Å². The minimum atomic E-state index is -0.279. The highest BCUT2D eigenvalue weighted by atomic mass is 32.1. The first-order chi connectivity index (χ1) is 12.9. The molecule has 0 bridgehead atoms. The van der Waals surface area contributed by atoms with E-state index in [2.05, 4.69) is 15.6 Å². The van der Waals surface area contributed by atoms with Gasteiger partial charge in [0.15, 0.2) is 10.9 Å². The Kier molecular flexibility index (Phi) is 5.78. The monoisotopic (exact) mass is 399 g/mol. The van der Waals surface area contributed by atoms with Gasteiger partial charge in [0.2, 0.25) is 5.91 Å². The summed E-state index contributed by atoms with van der Waals surface area (Å²) in [4.78, 5) is 40.1. The maximum absolute atomic E-state index is 12.3. The number of carbonyl (C=O) groups excluding carboxylic acids is 3. The van der Waals surface area contributed by atoms with Gasteiger partial charge in [0.1, 0.15) is 0 Å². The van der Waals surface area contributed by atoms with Gasteiger partial charge in [-0.1, -0.05) is 24.3 Å². The van der Waals surface area contributed by atoms with Crippen LogP contribution in [0.4, 0.5) is 5.13 Å². The van der Waals surface area contributed by atoms with Crippen molar-refractivity contribution < 1.29 is 14.4 Å². The first-order valence-electron chi connectivity index (χ1n) is 8.14. The zero-order chi connectivity index (χ0) is 19.4. The highest BCUT2D eigenvalue weighted by Crippen LogP contribution is 2.26. The van der Waals surface area contributed by atoms with Crippen LogP contribution in [0.3, 0.4) is 0 Å². The third kappa shape index (κ3) is 4.87. The van der Waals surface area contributed by atoms with Crippen molar-refractivity contribution in [3.8, 4) is 11.3 Å². The molecule has 0 aliphatic heterocycles. The number of thiazole rings is 1. The average molecular weight is 399 g/mol. The Bertz CT molecular complexity index is 990. The molecule has 0 aliphatic carbocycles. The Balaban J connectivity index is 1.66. The number of amides is 2. The first-order valence-corrected chi connectivity index (χ1v) is 9.83. The fourth-order valence-electron chi connectivity index (χ4n) is 2.29. The van der Waals surface area contributed by atoms with Crippen molar-refractivity contribution in [2.75, 3.05) is 5.32 Å². The van der Waals surface area contributed by atoms with Crippen LogP contribution in [0.2, 0.25) is 0 Å². The van der Waals surface area contributed by atoms with E-state index in [-0.39, 0.29) is 17.6 Å². The summed E-state index contributed by atoms with van der Waals surface area (Å²) in [5, 5.41) is 7.88. The lowest BCUT2D eigenvalue weighted by atomic mass is 10.1. The van der Waals surface area contributed by atoms with Crippen LogP contribution in [0.25, 0.3) is 11.3 Å². The molecule has 8 heteroatoms. The Morgan fingerprint density at radius 3 is 2.33 bits per heavy atom. The van der Waals surface area contributed by atoms with Crippen molar-refractivity contribution in [1.82, 2.24) is 10.3 Å². The van der Waals surface area contributed by atoms with Gasteiger partial charge in [-0.2, -0.15) is 0 Å². The van der Waals surface area contributed by atoms with Crippen molar-refractivity contribution in [2.24, 2.45) is 0 Å². The number of anilines is 1. The molecular formula is C19H17N3O3S2. The number of nitrogens with zero attached hydrogens (tertiary/aromatic N) is 1. The number of Topliss-reactive ketones (excluding diaryl/α,β-unsaturated/α-hetero) is 1. The molecule has 0 atom stereocenters. The summed E-state index contributed by atoms with van der Waals surface area (Å²) in [6.07, 6.45) is 0. The molecule has 1 aromatic carbocycles. The zero-order valence-electron chi connectivity index (χ0n) is 14.7. The molecule has 27 heavy (non-hydrogen) atoms. The van der Waals surface area contributed by atoms with Crippen LogP contribution in [0.1, 0.15) is 38.8 Å². The van der Waals surface area contributed by atoms with Crippen LogP contribution in [0.5, 0.6) is 0 Å². The van der Waals surface area contributed by atoms with Gasteiger partial charge in [-0.05, 0) is 24.6 Å². The lowest BCUT2D eigenvalue weighted by molar-refractivity contribution is -0.119. The number of hydrogen-bond donors (Lipinski definition) is 2. The second-order valence-corrected chi connectivity index (χ2v) is 7.76. The van der Waals surface area contributed by atoms with Gasteiger partial charge in [-0.15, -0.1) is 22.7 Å². The summed E-state index contributed by atoms with van der Waals surface area (Å²) in [5.74, 6) is -0.406. The number of hydrogen-bond acceptors (Lipinski definition) is 6. The van der Waals surface area contributed by atoms with Crippen molar-refractivity contribution in [1.29, 1.82) is 0 Å². The molecule has 6 nitrogen and oxygen atoms in total. The van der Waals surface area contributed by atoms with Crippen molar-refractivity contribution in [2.45, 2.75) is 20.4 Å². The summed E-state index contributed by atoms with van der Waals surface area (Å²) >= 11 is 2.50. The molecule has 2 aromatic heterocycles. The molecule has 2 heterocycles. The normalized spacial score (nSPS) is 10.4. The van der Waals surface area contributed by atoms with E-state index in [1.54, 1.807) is 12.1 Å². The molecule has 0 aliphatic rings. The van der Waals surface area contributed by atoms with Gasteiger partial charge in [0, 0.05) is 24.4 Å². The summed E-state index contributed by atoms with van der Waals surface area (Å²) in [5.41, 5.74) is 2.68. The standard InChI is InChI=1S/C19H17N3O3S2/c1-11(23)16-7-8-17(27-16)18(25)22-19-21-15(10-26-19)14-5-3-13(4-6-14)9-20-12(2)24/h3-8,10H,9H2,1-2H3,(H,20,24)(H,21,22,25). The van der Waals surface area contributed by atoms with Gasteiger partial charge in [0.05, 0.1) is 15.4 Å². The number of thiophene rings is 1. The molecule has 0 saturated heterocycles. The smallest absolute Gasteiger partial charge is 0.267 e. The molecule has 0 fully saturated rings. The average Bonchev–Trinajstić information content (AvgIpc) is 3.30. The molecular weight excluding hydrogens is 382 g/mol. The van der Waals surface area contributed by atoms with Crippen molar-refractivity contribution >= 4 is 45.4 Å². The van der Waals surface area contributed by atoms with Crippen LogP contribution in [-0.4, -0.2) is 22.6 Å². The molecule has 3 rings (SSSR count). The number of nitrogens with one attached hydrogen (secondary N) is 2. The third-order valence-electron chi connectivity index (χ3n) is 3.69. The molecule has 0 saturated carbocycles. The predicted octanol–water partition coefficient (Wildman–Crippen LogP) is 3.96. The highest BCUT2D eigenvalue weighted by Gasteiger charge is 2.13. The quantitative estimate of drug-likeness (QED) is 0.614. The van der Waals surface area contributed by atoms with Crippen LogP contribution in [0.15, 0.2) is 41.8 Å². The van der Waals surface area contributed by atoms with Gasteiger partial charge in [0.25, 0.3) is 5.91 Å². The lowest BCUT2D eigenvalue weighted by Gasteiger charge is -2.03. The lowest BCUT2D eigenvalue weighted by Crippen LogP contribution is -2.18. The Hall–Kier alpha value is -2.84. The minimum absolute atomic E-state index is 0.0578. The topological polar surface area (TPSA) is 88.2 Å². The molecule has 0 radical (unpaired) electrons. The van der Waals surface area contributed by atoms with Crippen LogP contribution in [-0.2, 0) is 11.3 Å². The molecule has 2 N–H and O–H groups in total. The summed E-state index contributed by atoms with van der Waals surface area (Å²) < 4.78 is 0. The summed E-state index contributed by atoms with van der Waals surface area (Å²) in [6, 6.07) is 11.0. The zero-order valence-corrected chi connectivity index (χ0v) is 16.4. The van der Waals surface area contributed by atoms with Crippen molar-refractivity contribution in [3.05, 3.63) is 57.1 Å². The maximum atomic E-state index is 12.3. The van der Waals surface area contributed by atoms with Gasteiger partial charge >= 0.3 is 0 Å². The van der Waals surface area contributed by atoms with E-state index in [1.807, 2.05) is 29.6 Å². The minimum Gasteiger partial charge on any atom is -0.352 e. The van der Waals surface area contributed by atoms with Gasteiger partial charge < -0.3 is 5.32 Å². The summed E-state index contributed by atoms with van der Waals surface area (Å²) in [7, 11) is 0. The van der Waals surface area contributed by atoms with E-state index in [4.69, 9.17) is 0 Å². The highest BCUT2D eigenvalue weighted by molar-refractivity contribution is 7.16. The molecule has 0 unspecified atom stereocenters. The second kappa shape index (κ2) is 8.24. The third-order valence-corrected chi connectivity index (χ3v) is 5.64. The molecule has 2 amide bonds. The van der Waals surface area contributed by atoms with Crippen molar-refractivity contribution in [3.63, 3.8) is 0 Å². The van der Waals surface area contributed by atoms with Crippen LogP contribution >= 0.6 is 22.7 Å². The van der Waals surface area contributed by atoms with E-state index in [0.717, 1.165) is 16.8 Å². The first kappa shape index (κ1) is 18.9. The molecule has 138 valence electrons. The van der Waals surface area contributed by atoms with Crippen LogP contribution in [0, 0.1) is 0 Å². The van der Waals surface area contributed by atoms with E-state index < -0.39 is 0 Å². The predicted molar refractivity (Wildman–Crippen MR) is 107 cm³/mol. The summed E-state index contributed by atoms with van der Waals surface area (Å²) in [6.45, 7) is 3.44. The van der Waals surface area contributed by atoms with Gasteiger partial charge in [-0.3, -0.25) is 19.7 Å². The van der Waals surface area contributed by atoms with E-state index in [1.165, 1.54) is 36.5 Å². The fourth-order valence-corrected chi connectivity index (χ4v) is 3.80. The van der Waals surface area contributed by atoms with E-state index in [9.17, 15) is 14.4 Å². The van der Waals surface area contributed by atoms with E-state index >= 15 is 0 Å². The number of carbonyl (C=O) groups is 3. The largest absolute Gasteiger partial charge is 0.352 e. The van der Waals surface area contributed by atoms with E-state index in [0.29, 0.717) is 21.4 Å². The Morgan fingerprint density at radius 2 is 1.70 bits per heavy atom. The fraction of sp³-hybridized carbons (Fsp3) is 0.158. The number of rotatable bonds is 6. The number of benzene rings is 1. The SMILES string of the molecule is CC(=O)NCc1ccc(-c2csc(NC(=O)c3ccc(C(C)=O)s3)n2)cc1. The number of aromatic nitrogens is 1. The maximum Gasteiger partial charge on any atom is 0.267 e. The van der Waals surface area contributed by atoms with Gasteiger partial charge in [-0.25, -0.2) is 4.98 Å². The Labute approximate surface area is 164 Å². The molecule has 3 aromatic rings. The molecule has 0 spiro atoms. The second-order valence-electron chi connectivity index (χ2n) is 5.82. The Morgan fingerprint density at radius 1 is 1.00 bits per heavy atom.